The average Bonchev–Trinajstić information content (AvgIpc) is 2.41. The maximum absolute atomic E-state index is 6.35. The summed E-state index contributed by atoms with van der Waals surface area (Å²) in [4.78, 5) is 6.73. The Morgan fingerprint density at radius 3 is 2.57 bits per heavy atom. The fraction of sp³-hybridized carbons (Fsp3) is 0.438. The van der Waals surface area contributed by atoms with Gasteiger partial charge >= 0.3 is 0 Å². The molecule has 4 N–H and O–H groups in total. The van der Waals surface area contributed by atoms with E-state index in [9.17, 15) is 0 Å². The Hall–Kier alpha value is -1.85. The lowest BCUT2D eigenvalue weighted by molar-refractivity contribution is 0.352. The van der Waals surface area contributed by atoms with E-state index in [2.05, 4.69) is 52.6 Å². The summed E-state index contributed by atoms with van der Waals surface area (Å²) < 4.78 is 0. The molecule has 114 valence electrons. The topological polar surface area (TPSA) is 65.7 Å². The lowest BCUT2D eigenvalue weighted by Crippen LogP contribution is -2.45. The van der Waals surface area contributed by atoms with Crippen LogP contribution in [0.15, 0.2) is 35.5 Å². The molecule has 0 aromatic heterocycles. The molecule has 1 aromatic rings. The van der Waals surface area contributed by atoms with Gasteiger partial charge in [-0.1, -0.05) is 18.2 Å². The number of hydrogen-bond acceptors (Lipinski definition) is 5. The van der Waals surface area contributed by atoms with Crippen LogP contribution < -0.4 is 16.4 Å². The molecule has 0 radical (unpaired) electrons. The third-order valence-electron chi connectivity index (χ3n) is 3.60. The van der Waals surface area contributed by atoms with Crippen LogP contribution in [0.25, 0.3) is 0 Å². The van der Waals surface area contributed by atoms with Gasteiger partial charge in [-0.25, -0.2) is 4.99 Å². The number of para-hydroxylation sites is 1. The Kier molecular flexibility index (Phi) is 4.65. The van der Waals surface area contributed by atoms with E-state index in [-0.39, 0.29) is 0 Å². The Labute approximate surface area is 126 Å². The summed E-state index contributed by atoms with van der Waals surface area (Å²) in [5.74, 6) is 0.691. The summed E-state index contributed by atoms with van der Waals surface area (Å²) in [7, 11) is 4.07. The molecule has 1 atom stereocenters. The molecule has 1 aliphatic heterocycles. The number of aryl methyl sites for hydroxylation is 2. The van der Waals surface area contributed by atoms with E-state index in [1.54, 1.807) is 0 Å². The van der Waals surface area contributed by atoms with Crippen molar-refractivity contribution in [2.75, 3.05) is 26.0 Å². The molecule has 0 saturated carbocycles. The van der Waals surface area contributed by atoms with Gasteiger partial charge in [-0.2, -0.15) is 0 Å². The van der Waals surface area contributed by atoms with Crippen LogP contribution in [0.2, 0.25) is 0 Å². The molecule has 0 bridgehead atoms. The van der Waals surface area contributed by atoms with Crippen molar-refractivity contribution in [2.45, 2.75) is 25.9 Å². The van der Waals surface area contributed by atoms with Gasteiger partial charge in [0.25, 0.3) is 0 Å². The molecule has 0 saturated heterocycles. The third kappa shape index (κ3) is 4.06. The molecule has 2 rings (SSSR count). The van der Waals surface area contributed by atoms with Crippen molar-refractivity contribution >= 4 is 11.6 Å². The zero-order chi connectivity index (χ0) is 15.5. The number of nitrogens with zero attached hydrogens (tertiary/aromatic N) is 2. The number of nitrogens with one attached hydrogen (secondary N) is 2. The highest BCUT2D eigenvalue weighted by atomic mass is 15.2. The molecule has 5 heteroatoms. The van der Waals surface area contributed by atoms with E-state index in [4.69, 9.17) is 5.73 Å². The van der Waals surface area contributed by atoms with Gasteiger partial charge in [0.2, 0.25) is 5.96 Å². The van der Waals surface area contributed by atoms with Crippen LogP contribution in [-0.4, -0.2) is 37.2 Å². The number of aliphatic imine (C=N–C) groups is 1. The van der Waals surface area contributed by atoms with E-state index in [1.807, 2.05) is 26.4 Å². The van der Waals surface area contributed by atoms with Crippen LogP contribution in [0, 0.1) is 13.8 Å². The number of rotatable bonds is 4. The van der Waals surface area contributed by atoms with Crippen LogP contribution in [-0.2, 0) is 0 Å². The maximum Gasteiger partial charge on any atom is 0.202 e. The van der Waals surface area contributed by atoms with Gasteiger partial charge in [-0.05, 0) is 45.1 Å². The fourth-order valence-corrected chi connectivity index (χ4v) is 2.28. The molecule has 1 aromatic carbocycles. The maximum atomic E-state index is 6.35. The predicted molar refractivity (Wildman–Crippen MR) is 89.3 cm³/mol. The van der Waals surface area contributed by atoms with Crippen molar-refractivity contribution in [1.29, 1.82) is 0 Å². The van der Waals surface area contributed by atoms with Crippen molar-refractivity contribution in [3.05, 3.63) is 41.6 Å². The lowest BCUT2D eigenvalue weighted by Gasteiger charge is -2.28. The SMILES string of the molecule is Cc1cccc(C)c1NC1=NC(N)(CCN(C)C)C=CN1. The molecule has 1 heterocycles. The summed E-state index contributed by atoms with van der Waals surface area (Å²) in [6.45, 7) is 5.05. The van der Waals surface area contributed by atoms with Crippen LogP contribution in [0.4, 0.5) is 5.69 Å². The van der Waals surface area contributed by atoms with E-state index in [0.29, 0.717) is 5.96 Å². The largest absolute Gasteiger partial charge is 0.333 e. The number of hydrogen-bond donors (Lipinski definition) is 3. The summed E-state index contributed by atoms with van der Waals surface area (Å²) in [5.41, 5.74) is 9.14. The summed E-state index contributed by atoms with van der Waals surface area (Å²) in [5, 5.41) is 6.48. The van der Waals surface area contributed by atoms with Crippen molar-refractivity contribution in [2.24, 2.45) is 10.7 Å². The number of nitrogens with two attached hydrogens (primary N) is 1. The van der Waals surface area contributed by atoms with Crippen LogP contribution in [0.3, 0.4) is 0 Å². The second-order valence-electron chi connectivity index (χ2n) is 5.87. The van der Waals surface area contributed by atoms with Gasteiger partial charge in [0, 0.05) is 24.9 Å². The summed E-state index contributed by atoms with van der Waals surface area (Å²) in [6, 6.07) is 6.21. The standard InChI is InChI=1S/C16H25N5/c1-12-6-5-7-13(2)14(12)19-15-18-10-8-16(17,20-15)9-11-21(3)4/h5-8,10H,9,11,17H2,1-4H3,(H2,18,19,20). The Morgan fingerprint density at radius 1 is 1.29 bits per heavy atom. The smallest absolute Gasteiger partial charge is 0.202 e. The second-order valence-corrected chi connectivity index (χ2v) is 5.87. The fourth-order valence-electron chi connectivity index (χ4n) is 2.28. The minimum atomic E-state index is -0.658. The van der Waals surface area contributed by atoms with Crippen LogP contribution >= 0.6 is 0 Å². The number of benzene rings is 1. The first kappa shape index (κ1) is 15.5. The van der Waals surface area contributed by atoms with Gasteiger partial charge in [0.15, 0.2) is 0 Å². The minimum absolute atomic E-state index is 0.658. The van der Waals surface area contributed by atoms with Gasteiger partial charge < -0.3 is 21.3 Å². The quantitative estimate of drug-likeness (QED) is 0.790. The molecular formula is C16H25N5. The van der Waals surface area contributed by atoms with Crippen molar-refractivity contribution < 1.29 is 0 Å². The van der Waals surface area contributed by atoms with Gasteiger partial charge in [0.1, 0.15) is 5.66 Å². The molecule has 21 heavy (non-hydrogen) atoms. The molecule has 1 aliphatic rings. The first-order chi connectivity index (χ1) is 9.89. The monoisotopic (exact) mass is 287 g/mol. The lowest BCUT2D eigenvalue weighted by atomic mass is 10.1. The highest BCUT2D eigenvalue weighted by molar-refractivity contribution is 5.96. The summed E-state index contributed by atoms with van der Waals surface area (Å²) in [6.07, 6.45) is 4.54. The molecule has 0 fully saturated rings. The highest BCUT2D eigenvalue weighted by Crippen LogP contribution is 2.21. The van der Waals surface area contributed by atoms with Gasteiger partial charge in [-0.15, -0.1) is 0 Å². The Balaban J connectivity index is 2.15. The molecular weight excluding hydrogens is 262 g/mol. The van der Waals surface area contributed by atoms with Crippen LogP contribution in [0.5, 0.6) is 0 Å². The van der Waals surface area contributed by atoms with Crippen molar-refractivity contribution in [3.8, 4) is 0 Å². The summed E-state index contributed by atoms with van der Waals surface area (Å²) >= 11 is 0. The Bertz CT molecular complexity index is 542. The molecule has 0 amide bonds. The van der Waals surface area contributed by atoms with E-state index in [0.717, 1.165) is 18.7 Å². The second kappa shape index (κ2) is 6.28. The number of anilines is 1. The highest BCUT2D eigenvalue weighted by Gasteiger charge is 2.24. The first-order valence-corrected chi connectivity index (χ1v) is 7.20. The van der Waals surface area contributed by atoms with E-state index >= 15 is 0 Å². The van der Waals surface area contributed by atoms with Crippen molar-refractivity contribution in [3.63, 3.8) is 0 Å². The van der Waals surface area contributed by atoms with Gasteiger partial charge in [0.05, 0.1) is 0 Å². The third-order valence-corrected chi connectivity index (χ3v) is 3.60. The number of guanidine groups is 1. The van der Waals surface area contributed by atoms with E-state index in [1.165, 1.54) is 11.1 Å². The predicted octanol–water partition coefficient (Wildman–Crippen LogP) is 1.79. The van der Waals surface area contributed by atoms with Gasteiger partial charge in [-0.3, -0.25) is 0 Å². The average molecular weight is 287 g/mol. The Morgan fingerprint density at radius 2 is 1.95 bits per heavy atom. The molecule has 5 nitrogen and oxygen atoms in total. The first-order valence-electron chi connectivity index (χ1n) is 7.20. The molecule has 0 aliphatic carbocycles. The minimum Gasteiger partial charge on any atom is -0.333 e. The van der Waals surface area contributed by atoms with E-state index < -0.39 is 5.66 Å². The van der Waals surface area contributed by atoms with Crippen LogP contribution in [0.1, 0.15) is 17.5 Å². The zero-order valence-corrected chi connectivity index (χ0v) is 13.3. The molecule has 1 unspecified atom stereocenters. The zero-order valence-electron chi connectivity index (χ0n) is 13.3. The van der Waals surface area contributed by atoms with Crippen molar-refractivity contribution in [1.82, 2.24) is 10.2 Å². The normalized spacial score (nSPS) is 21.1. The molecule has 0 spiro atoms.